The van der Waals surface area contributed by atoms with E-state index in [1.165, 1.54) is 27.5 Å². The molecular weight excluding hydrogens is 743 g/mol. The van der Waals surface area contributed by atoms with Crippen LogP contribution in [0.25, 0.3) is 99.2 Å². The van der Waals surface area contributed by atoms with Gasteiger partial charge in [-0.3, -0.25) is 0 Å². The Morgan fingerprint density at radius 2 is 0.770 bits per heavy atom. The molecule has 2 aromatic heterocycles. The minimum absolute atomic E-state index is 0.886. The molecule has 3 heteroatoms. The molecule has 0 saturated carbocycles. The fourth-order valence-corrected chi connectivity index (χ4v) is 9.03. The molecule has 286 valence electrons. The zero-order valence-electron chi connectivity index (χ0n) is 33.1. The summed E-state index contributed by atoms with van der Waals surface area (Å²) in [5.74, 6) is 0. The van der Waals surface area contributed by atoms with E-state index < -0.39 is 0 Å². The number of anilines is 3. The molecule has 10 aromatic carbocycles. The topological polar surface area (TPSA) is 29.5 Å². The maximum Gasteiger partial charge on any atom is 0.136 e. The maximum atomic E-state index is 6.31. The SMILES string of the molecule is c1cc(-c2ccc3oc4ccccc4c3c2)cc(N(c2ccc(-c3ccc(-c4ccc5ccccc5c4)cc3)cc2)c2cccc(-c3cccc4oc5ccccc5c34)c2)c1. The third-order valence-corrected chi connectivity index (χ3v) is 12.1. The minimum atomic E-state index is 0.886. The molecule has 0 atom stereocenters. The molecule has 0 N–H and O–H groups in total. The quantitative estimate of drug-likeness (QED) is 0.161. The first kappa shape index (κ1) is 34.9. The number of para-hydroxylation sites is 2. The standard InChI is InChI=1S/C58H37NO2/c1-2-11-42-34-44(27-26-38(42)10-1)41-24-22-39(23-25-41)40-28-31-47(32-29-40)59(48-14-7-12-43(35-48)45-30-33-56-53(37-45)51-16-3-5-19-54(51)60-56)49-15-8-13-46(36-49)50-18-9-21-57-58(50)52-17-4-6-20-55(52)61-57/h1-37H. The summed E-state index contributed by atoms with van der Waals surface area (Å²) in [6.45, 7) is 0. The van der Waals surface area contributed by atoms with Crippen LogP contribution in [-0.2, 0) is 0 Å². The summed E-state index contributed by atoms with van der Waals surface area (Å²) in [4.78, 5) is 2.36. The van der Waals surface area contributed by atoms with Crippen molar-refractivity contribution in [3.63, 3.8) is 0 Å². The second-order valence-electron chi connectivity index (χ2n) is 15.7. The molecule has 0 radical (unpaired) electrons. The summed E-state index contributed by atoms with van der Waals surface area (Å²) in [6.07, 6.45) is 0. The normalized spacial score (nSPS) is 11.6. The van der Waals surface area contributed by atoms with Crippen LogP contribution in [0.1, 0.15) is 0 Å². The lowest BCUT2D eigenvalue weighted by molar-refractivity contribution is 0.668. The Labute approximate surface area is 353 Å². The molecule has 0 fully saturated rings. The average Bonchev–Trinajstić information content (AvgIpc) is 3.90. The first-order chi connectivity index (χ1) is 30.2. The molecule has 0 aliphatic rings. The van der Waals surface area contributed by atoms with Gasteiger partial charge in [0.15, 0.2) is 0 Å². The Morgan fingerprint density at radius 3 is 1.56 bits per heavy atom. The van der Waals surface area contributed by atoms with Crippen molar-refractivity contribution in [1.82, 2.24) is 0 Å². The van der Waals surface area contributed by atoms with Crippen LogP contribution >= 0.6 is 0 Å². The monoisotopic (exact) mass is 779 g/mol. The Morgan fingerprint density at radius 1 is 0.262 bits per heavy atom. The Hall–Kier alpha value is -8.14. The number of furan rings is 2. The molecule has 12 aromatic rings. The lowest BCUT2D eigenvalue weighted by atomic mass is 9.97. The van der Waals surface area contributed by atoms with Gasteiger partial charge in [0, 0.05) is 38.6 Å². The lowest BCUT2D eigenvalue weighted by Gasteiger charge is -2.27. The summed E-state index contributed by atoms with van der Waals surface area (Å²) in [5.41, 5.74) is 16.0. The van der Waals surface area contributed by atoms with Gasteiger partial charge in [0.05, 0.1) is 0 Å². The highest BCUT2D eigenvalue weighted by Crippen LogP contribution is 2.42. The molecule has 0 bridgehead atoms. The van der Waals surface area contributed by atoms with Crippen molar-refractivity contribution in [2.45, 2.75) is 0 Å². The number of benzene rings is 10. The molecule has 2 heterocycles. The van der Waals surface area contributed by atoms with Gasteiger partial charge < -0.3 is 13.7 Å². The van der Waals surface area contributed by atoms with Crippen molar-refractivity contribution in [2.75, 3.05) is 4.90 Å². The van der Waals surface area contributed by atoms with Crippen LogP contribution in [0.15, 0.2) is 233 Å². The lowest BCUT2D eigenvalue weighted by Crippen LogP contribution is -2.10. The molecule has 3 nitrogen and oxygen atoms in total. The van der Waals surface area contributed by atoms with Gasteiger partial charge in [-0.2, -0.15) is 0 Å². The van der Waals surface area contributed by atoms with E-state index in [2.05, 4.69) is 205 Å². The third kappa shape index (κ3) is 6.14. The predicted molar refractivity (Wildman–Crippen MR) is 255 cm³/mol. The van der Waals surface area contributed by atoms with Crippen molar-refractivity contribution in [3.05, 3.63) is 224 Å². The second kappa shape index (κ2) is 14.3. The van der Waals surface area contributed by atoms with Crippen LogP contribution in [0, 0.1) is 0 Å². The van der Waals surface area contributed by atoms with E-state index in [1.54, 1.807) is 0 Å². The van der Waals surface area contributed by atoms with Crippen molar-refractivity contribution in [1.29, 1.82) is 0 Å². The number of rotatable bonds is 7. The van der Waals surface area contributed by atoms with E-state index in [4.69, 9.17) is 8.83 Å². The van der Waals surface area contributed by atoms with Crippen LogP contribution < -0.4 is 4.90 Å². The maximum absolute atomic E-state index is 6.31. The molecule has 0 saturated heterocycles. The Bertz CT molecular complexity index is 3590. The molecule has 12 rings (SSSR count). The average molecular weight is 780 g/mol. The van der Waals surface area contributed by atoms with Crippen LogP contribution in [0.2, 0.25) is 0 Å². The van der Waals surface area contributed by atoms with E-state index >= 15 is 0 Å². The first-order valence-corrected chi connectivity index (χ1v) is 20.7. The van der Waals surface area contributed by atoms with Gasteiger partial charge >= 0.3 is 0 Å². The summed E-state index contributed by atoms with van der Waals surface area (Å²) in [6, 6.07) is 80.1. The summed E-state index contributed by atoms with van der Waals surface area (Å²) in [5, 5.41) is 6.99. The van der Waals surface area contributed by atoms with Crippen molar-refractivity contribution >= 4 is 71.7 Å². The fourth-order valence-electron chi connectivity index (χ4n) is 9.03. The Kier molecular flexibility index (Phi) is 8.17. The molecule has 0 amide bonds. The van der Waals surface area contributed by atoms with Crippen molar-refractivity contribution in [3.8, 4) is 44.5 Å². The van der Waals surface area contributed by atoms with Gasteiger partial charge in [0.25, 0.3) is 0 Å². The zero-order valence-corrected chi connectivity index (χ0v) is 33.1. The summed E-state index contributed by atoms with van der Waals surface area (Å²) in [7, 11) is 0. The highest BCUT2D eigenvalue weighted by atomic mass is 16.3. The van der Waals surface area contributed by atoms with E-state index in [0.717, 1.165) is 88.8 Å². The number of hydrogen-bond donors (Lipinski definition) is 0. The van der Waals surface area contributed by atoms with Crippen LogP contribution in [0.4, 0.5) is 17.1 Å². The fraction of sp³-hybridized carbons (Fsp3) is 0. The van der Waals surface area contributed by atoms with Gasteiger partial charge in [-0.05, 0) is 128 Å². The van der Waals surface area contributed by atoms with Gasteiger partial charge in [-0.15, -0.1) is 0 Å². The van der Waals surface area contributed by atoms with E-state index in [0.29, 0.717) is 0 Å². The highest BCUT2D eigenvalue weighted by molar-refractivity contribution is 6.12. The first-order valence-electron chi connectivity index (χ1n) is 20.7. The number of nitrogens with zero attached hydrogens (tertiary/aromatic N) is 1. The van der Waals surface area contributed by atoms with Crippen molar-refractivity contribution < 1.29 is 8.83 Å². The van der Waals surface area contributed by atoms with Crippen LogP contribution in [0.5, 0.6) is 0 Å². The number of fused-ring (bicyclic) bond motifs is 7. The predicted octanol–water partition coefficient (Wildman–Crippen LogP) is 16.8. The van der Waals surface area contributed by atoms with Gasteiger partial charge in [-0.1, -0.05) is 152 Å². The summed E-state index contributed by atoms with van der Waals surface area (Å²) >= 11 is 0. The van der Waals surface area contributed by atoms with E-state index in [1.807, 2.05) is 24.3 Å². The van der Waals surface area contributed by atoms with E-state index in [-0.39, 0.29) is 0 Å². The Balaban J connectivity index is 0.949. The molecule has 0 spiro atoms. The summed E-state index contributed by atoms with van der Waals surface area (Å²) < 4.78 is 12.5. The highest BCUT2D eigenvalue weighted by Gasteiger charge is 2.18. The van der Waals surface area contributed by atoms with Gasteiger partial charge in [0.2, 0.25) is 0 Å². The van der Waals surface area contributed by atoms with Crippen LogP contribution in [0.3, 0.4) is 0 Å². The molecular formula is C58H37NO2. The minimum Gasteiger partial charge on any atom is -0.456 e. The smallest absolute Gasteiger partial charge is 0.136 e. The second-order valence-corrected chi connectivity index (χ2v) is 15.7. The molecule has 61 heavy (non-hydrogen) atoms. The third-order valence-electron chi connectivity index (χ3n) is 12.1. The van der Waals surface area contributed by atoms with Gasteiger partial charge in [-0.25, -0.2) is 0 Å². The van der Waals surface area contributed by atoms with Crippen molar-refractivity contribution in [2.24, 2.45) is 0 Å². The zero-order chi connectivity index (χ0) is 40.3. The largest absolute Gasteiger partial charge is 0.456 e. The molecule has 0 aliphatic heterocycles. The van der Waals surface area contributed by atoms with Gasteiger partial charge in [0.1, 0.15) is 22.3 Å². The molecule has 0 unspecified atom stereocenters. The molecule has 0 aliphatic carbocycles. The number of hydrogen-bond acceptors (Lipinski definition) is 3. The van der Waals surface area contributed by atoms with E-state index in [9.17, 15) is 0 Å². The van der Waals surface area contributed by atoms with Crippen LogP contribution in [-0.4, -0.2) is 0 Å².